The summed E-state index contributed by atoms with van der Waals surface area (Å²) in [5, 5.41) is 0. The Balaban J connectivity index is 1.72. The van der Waals surface area contributed by atoms with E-state index >= 15 is 0 Å². The van der Waals surface area contributed by atoms with Gasteiger partial charge in [0.1, 0.15) is 5.69 Å². The molecule has 0 saturated heterocycles. The molecule has 29 heavy (non-hydrogen) atoms. The van der Waals surface area contributed by atoms with E-state index in [1.807, 2.05) is 14.1 Å². The molecule has 2 aliphatic heterocycles. The molecule has 154 valence electrons. The number of hydrogen-bond donors (Lipinski definition) is 1. The molecule has 0 fully saturated rings. The maximum absolute atomic E-state index is 13.2. The molecule has 0 spiro atoms. The summed E-state index contributed by atoms with van der Waals surface area (Å²) in [6.07, 6.45) is 3.12. The molecule has 1 amide bonds. The van der Waals surface area contributed by atoms with Crippen LogP contribution in [0.1, 0.15) is 17.5 Å². The monoisotopic (exact) mass is 416 g/mol. The zero-order valence-electron chi connectivity index (χ0n) is 16.9. The fraction of sp³-hybridized carbons (Fsp3) is 0.421. The van der Waals surface area contributed by atoms with Gasteiger partial charge in [0.2, 0.25) is 11.9 Å². The number of hydrogen-bond acceptors (Lipinski definition) is 7. The van der Waals surface area contributed by atoms with Gasteiger partial charge in [-0.25, -0.2) is 13.4 Å². The van der Waals surface area contributed by atoms with Gasteiger partial charge < -0.3 is 14.7 Å². The number of aryl methyl sites for hydroxylation is 1. The Labute approximate surface area is 170 Å². The number of benzene rings is 1. The van der Waals surface area contributed by atoms with Crippen LogP contribution in [0.15, 0.2) is 23.2 Å². The summed E-state index contributed by atoms with van der Waals surface area (Å²) in [6, 6.07) is 3.35. The summed E-state index contributed by atoms with van der Waals surface area (Å²) < 4.78 is 28.9. The van der Waals surface area contributed by atoms with Crippen LogP contribution >= 0.6 is 0 Å². The van der Waals surface area contributed by atoms with E-state index in [1.54, 1.807) is 40.9 Å². The molecule has 4 rings (SSSR count). The summed E-state index contributed by atoms with van der Waals surface area (Å²) in [5.74, 6) is 1.08. The molecule has 0 atom stereocenters. The molecular weight excluding hydrogens is 392 g/mol. The van der Waals surface area contributed by atoms with Crippen LogP contribution in [0.4, 0.5) is 23.1 Å². The largest absolute Gasteiger partial charge is 0.361 e. The highest BCUT2D eigenvalue weighted by molar-refractivity contribution is 7.92. The molecular formula is C19H24N6O3S. The molecule has 0 unspecified atom stereocenters. The van der Waals surface area contributed by atoms with E-state index in [-0.39, 0.29) is 10.8 Å². The van der Waals surface area contributed by atoms with Crippen LogP contribution in [0.25, 0.3) is 0 Å². The summed E-state index contributed by atoms with van der Waals surface area (Å²) in [4.78, 5) is 26.2. The van der Waals surface area contributed by atoms with Gasteiger partial charge in [-0.2, -0.15) is 4.98 Å². The van der Waals surface area contributed by atoms with Gasteiger partial charge in [-0.05, 0) is 36.1 Å². The Hall–Kier alpha value is -2.88. The maximum atomic E-state index is 13.2. The predicted molar refractivity (Wildman–Crippen MR) is 112 cm³/mol. The average molecular weight is 417 g/mol. The number of anilines is 4. The van der Waals surface area contributed by atoms with Gasteiger partial charge in [0, 0.05) is 41.2 Å². The maximum Gasteiger partial charge on any atom is 0.262 e. The predicted octanol–water partition coefficient (Wildman–Crippen LogP) is 1.24. The smallest absolute Gasteiger partial charge is 0.262 e. The second-order valence-electron chi connectivity index (χ2n) is 7.69. The molecule has 2 aliphatic rings. The van der Waals surface area contributed by atoms with Crippen molar-refractivity contribution in [3.05, 3.63) is 29.5 Å². The fourth-order valence-corrected chi connectivity index (χ4v) is 4.92. The topological polar surface area (TPSA) is 98.7 Å². The van der Waals surface area contributed by atoms with E-state index in [9.17, 15) is 13.2 Å². The number of sulfonamides is 1. The highest BCUT2D eigenvalue weighted by Crippen LogP contribution is 2.39. The lowest BCUT2D eigenvalue weighted by molar-refractivity contribution is -0.118. The Kier molecular flexibility index (Phi) is 4.60. The standard InChI is InChI=1S/C19H24N6O3S/c1-23(2)18-15(11-20-19(21-18)24(3)4)22-29(27,28)14-9-12-5-6-16(26)25-8-7-13(10-14)17(12)25/h9-11,22H,5-8H2,1-4H3. The summed E-state index contributed by atoms with van der Waals surface area (Å²) in [6.45, 7) is 0.614. The second-order valence-corrected chi connectivity index (χ2v) is 9.37. The second kappa shape index (κ2) is 6.87. The summed E-state index contributed by atoms with van der Waals surface area (Å²) in [7, 11) is 3.40. The zero-order chi connectivity index (χ0) is 20.9. The Bertz CT molecular complexity index is 1100. The Morgan fingerprint density at radius 1 is 1.03 bits per heavy atom. The van der Waals surface area contributed by atoms with Crippen molar-refractivity contribution in [1.29, 1.82) is 0 Å². The lowest BCUT2D eigenvalue weighted by Crippen LogP contribution is -2.33. The normalized spacial score (nSPS) is 15.3. The number of carbonyl (C=O) groups is 1. The lowest BCUT2D eigenvalue weighted by atomic mass is 10.00. The molecule has 1 aromatic carbocycles. The first-order valence-corrected chi connectivity index (χ1v) is 10.9. The molecule has 9 nitrogen and oxygen atoms in total. The number of carbonyl (C=O) groups excluding carboxylic acids is 1. The van der Waals surface area contributed by atoms with Gasteiger partial charge in [0.15, 0.2) is 5.82 Å². The Morgan fingerprint density at radius 2 is 1.72 bits per heavy atom. The fourth-order valence-electron chi connectivity index (χ4n) is 3.78. The van der Waals surface area contributed by atoms with Crippen LogP contribution in [0.3, 0.4) is 0 Å². The summed E-state index contributed by atoms with van der Waals surface area (Å²) in [5.41, 5.74) is 3.02. The minimum atomic E-state index is -3.84. The van der Waals surface area contributed by atoms with Crippen molar-refractivity contribution in [2.45, 2.75) is 24.2 Å². The number of nitrogens with zero attached hydrogens (tertiary/aromatic N) is 5. The van der Waals surface area contributed by atoms with Crippen LogP contribution in [-0.2, 0) is 27.7 Å². The highest BCUT2D eigenvalue weighted by Gasteiger charge is 2.33. The molecule has 10 heteroatoms. The molecule has 0 bridgehead atoms. The quantitative estimate of drug-likeness (QED) is 0.783. The van der Waals surface area contributed by atoms with E-state index in [1.165, 1.54) is 6.20 Å². The van der Waals surface area contributed by atoms with E-state index in [0.29, 0.717) is 43.3 Å². The van der Waals surface area contributed by atoms with E-state index in [0.717, 1.165) is 16.8 Å². The number of rotatable bonds is 5. The van der Waals surface area contributed by atoms with Crippen molar-refractivity contribution in [3.63, 3.8) is 0 Å². The molecule has 0 saturated carbocycles. The first-order chi connectivity index (χ1) is 13.7. The zero-order valence-corrected chi connectivity index (χ0v) is 17.7. The van der Waals surface area contributed by atoms with Crippen molar-refractivity contribution in [1.82, 2.24) is 9.97 Å². The van der Waals surface area contributed by atoms with E-state index in [2.05, 4.69) is 14.7 Å². The lowest BCUT2D eigenvalue weighted by Gasteiger charge is -2.26. The summed E-state index contributed by atoms with van der Waals surface area (Å²) >= 11 is 0. The highest BCUT2D eigenvalue weighted by atomic mass is 32.2. The first kappa shape index (κ1) is 19.4. The third-order valence-electron chi connectivity index (χ3n) is 5.16. The first-order valence-electron chi connectivity index (χ1n) is 9.38. The van der Waals surface area contributed by atoms with Crippen molar-refractivity contribution in [3.8, 4) is 0 Å². The molecule has 0 radical (unpaired) electrons. The molecule has 3 heterocycles. The van der Waals surface area contributed by atoms with Crippen LogP contribution in [0.5, 0.6) is 0 Å². The van der Waals surface area contributed by atoms with Crippen LogP contribution in [0, 0.1) is 0 Å². The van der Waals surface area contributed by atoms with Crippen LogP contribution in [-0.4, -0.2) is 59.0 Å². The molecule has 2 aromatic rings. The van der Waals surface area contributed by atoms with E-state index in [4.69, 9.17) is 0 Å². The van der Waals surface area contributed by atoms with Gasteiger partial charge in [0.25, 0.3) is 10.0 Å². The van der Waals surface area contributed by atoms with Crippen molar-refractivity contribution in [2.75, 3.05) is 54.2 Å². The van der Waals surface area contributed by atoms with Crippen LogP contribution in [0.2, 0.25) is 0 Å². The number of aromatic nitrogens is 2. The SMILES string of the molecule is CN(C)c1ncc(NS(=O)(=O)c2cc3c4c(c2)CCN4C(=O)CC3)c(N(C)C)n1. The number of amides is 1. The van der Waals surface area contributed by atoms with Gasteiger partial charge in [-0.3, -0.25) is 9.52 Å². The minimum absolute atomic E-state index is 0.110. The van der Waals surface area contributed by atoms with Crippen molar-refractivity contribution in [2.24, 2.45) is 0 Å². The molecule has 0 aliphatic carbocycles. The minimum Gasteiger partial charge on any atom is -0.361 e. The van der Waals surface area contributed by atoms with Crippen LogP contribution < -0.4 is 19.4 Å². The van der Waals surface area contributed by atoms with Gasteiger partial charge in [0.05, 0.1) is 16.8 Å². The van der Waals surface area contributed by atoms with Gasteiger partial charge >= 0.3 is 0 Å². The molecule has 1 N–H and O–H groups in total. The van der Waals surface area contributed by atoms with Crippen molar-refractivity contribution < 1.29 is 13.2 Å². The van der Waals surface area contributed by atoms with E-state index < -0.39 is 10.0 Å². The van der Waals surface area contributed by atoms with Crippen molar-refractivity contribution >= 4 is 39.1 Å². The van der Waals surface area contributed by atoms with Gasteiger partial charge in [-0.15, -0.1) is 0 Å². The third kappa shape index (κ3) is 3.37. The third-order valence-corrected chi connectivity index (χ3v) is 6.50. The Morgan fingerprint density at radius 3 is 2.38 bits per heavy atom. The number of nitrogens with one attached hydrogen (secondary N) is 1. The average Bonchev–Trinajstić information content (AvgIpc) is 3.10. The molecule has 1 aromatic heterocycles. The van der Waals surface area contributed by atoms with Gasteiger partial charge in [-0.1, -0.05) is 0 Å².